The molecule has 0 bridgehead atoms. The van der Waals surface area contributed by atoms with Crippen molar-refractivity contribution < 1.29 is 22.4 Å². The van der Waals surface area contributed by atoms with Crippen LogP contribution in [0.1, 0.15) is 23.2 Å². The Bertz CT molecular complexity index is 797. The van der Waals surface area contributed by atoms with Crippen molar-refractivity contribution in [3.05, 3.63) is 65.2 Å². The molecule has 1 fully saturated rings. The van der Waals surface area contributed by atoms with Crippen molar-refractivity contribution in [2.24, 2.45) is 0 Å². The van der Waals surface area contributed by atoms with Crippen molar-refractivity contribution in [2.45, 2.75) is 18.9 Å². The molecule has 25 heavy (non-hydrogen) atoms. The Balaban J connectivity index is 1.75. The fourth-order valence-corrected chi connectivity index (χ4v) is 2.97. The number of piperidine rings is 1. The van der Waals surface area contributed by atoms with Gasteiger partial charge in [-0.25, -0.2) is 17.6 Å². The zero-order chi connectivity index (χ0) is 18.0. The Hall–Kier alpha value is -2.57. The quantitative estimate of drug-likeness (QED) is 0.670. The molecule has 1 saturated heterocycles. The Labute approximate surface area is 142 Å². The van der Waals surface area contributed by atoms with Crippen LogP contribution in [0.5, 0.6) is 0 Å². The topological polar surface area (TPSA) is 32.3 Å². The van der Waals surface area contributed by atoms with Gasteiger partial charge in [0.05, 0.1) is 0 Å². The van der Waals surface area contributed by atoms with Crippen molar-refractivity contribution >= 4 is 11.6 Å². The number of nitrogens with one attached hydrogen (secondary N) is 1. The number of rotatable bonds is 3. The van der Waals surface area contributed by atoms with E-state index < -0.39 is 34.7 Å². The molecule has 2 aromatic rings. The molecule has 0 aromatic heterocycles. The highest BCUT2D eigenvalue weighted by Crippen LogP contribution is 2.22. The second kappa shape index (κ2) is 7.13. The lowest BCUT2D eigenvalue weighted by molar-refractivity contribution is 0.0703. The number of likely N-dealkylation sites (tertiary alicyclic amines) is 1. The number of amides is 1. The van der Waals surface area contributed by atoms with Crippen LogP contribution >= 0.6 is 0 Å². The Kier molecular flexibility index (Phi) is 4.92. The van der Waals surface area contributed by atoms with Gasteiger partial charge in [0.25, 0.3) is 5.91 Å². The van der Waals surface area contributed by atoms with E-state index in [-0.39, 0.29) is 12.6 Å². The van der Waals surface area contributed by atoms with Crippen molar-refractivity contribution in [1.82, 2.24) is 4.90 Å². The van der Waals surface area contributed by atoms with E-state index in [1.165, 1.54) is 17.0 Å². The smallest absolute Gasteiger partial charge is 0.260 e. The van der Waals surface area contributed by atoms with Crippen LogP contribution in [-0.4, -0.2) is 29.9 Å². The van der Waals surface area contributed by atoms with Crippen LogP contribution in [0.25, 0.3) is 0 Å². The maximum absolute atomic E-state index is 13.8. The van der Waals surface area contributed by atoms with Gasteiger partial charge in [-0.05, 0) is 43.2 Å². The first-order valence-electron chi connectivity index (χ1n) is 7.90. The highest BCUT2D eigenvalue weighted by molar-refractivity contribution is 5.95. The van der Waals surface area contributed by atoms with Crippen molar-refractivity contribution in [2.75, 3.05) is 18.4 Å². The predicted molar refractivity (Wildman–Crippen MR) is 85.3 cm³/mol. The van der Waals surface area contributed by atoms with Crippen LogP contribution in [-0.2, 0) is 0 Å². The van der Waals surface area contributed by atoms with Gasteiger partial charge in [0, 0.05) is 24.8 Å². The fraction of sp³-hybridized carbons (Fsp3) is 0.278. The first kappa shape index (κ1) is 17.3. The lowest BCUT2D eigenvalue weighted by atomic mass is 10.0. The van der Waals surface area contributed by atoms with Crippen LogP contribution in [0.15, 0.2) is 36.4 Å². The molecule has 1 aliphatic heterocycles. The molecule has 0 unspecified atom stereocenters. The summed E-state index contributed by atoms with van der Waals surface area (Å²) in [4.78, 5) is 13.7. The molecule has 1 heterocycles. The molecule has 3 rings (SSSR count). The molecule has 2 aromatic carbocycles. The monoisotopic (exact) mass is 352 g/mol. The molecule has 1 atom stereocenters. The average Bonchev–Trinajstić information content (AvgIpc) is 2.59. The lowest BCUT2D eigenvalue weighted by Crippen LogP contribution is -2.45. The summed E-state index contributed by atoms with van der Waals surface area (Å²) in [6, 6.07) is 7.07. The number of nitrogens with zero attached hydrogens (tertiary/aromatic N) is 1. The summed E-state index contributed by atoms with van der Waals surface area (Å²) in [6.07, 6.45) is 1.33. The first-order valence-corrected chi connectivity index (χ1v) is 7.90. The molecular weight excluding hydrogens is 336 g/mol. The minimum absolute atomic E-state index is 0.185. The molecule has 0 radical (unpaired) electrons. The number of anilines is 1. The SMILES string of the molecule is O=C(c1c(F)ccc(F)c1F)N1CCC[C@@H](Nc2cccc(F)c2)C1. The summed E-state index contributed by atoms with van der Waals surface area (Å²) in [5, 5.41) is 3.10. The number of hydrogen-bond acceptors (Lipinski definition) is 2. The highest BCUT2D eigenvalue weighted by atomic mass is 19.2. The average molecular weight is 352 g/mol. The molecule has 1 amide bonds. The maximum Gasteiger partial charge on any atom is 0.260 e. The van der Waals surface area contributed by atoms with Gasteiger partial charge < -0.3 is 10.2 Å². The number of halogens is 4. The van der Waals surface area contributed by atoms with Gasteiger partial charge in [-0.2, -0.15) is 0 Å². The molecule has 132 valence electrons. The number of carbonyl (C=O) groups excluding carboxylic acids is 1. The zero-order valence-corrected chi connectivity index (χ0v) is 13.2. The first-order chi connectivity index (χ1) is 12.0. The summed E-state index contributed by atoms with van der Waals surface area (Å²) >= 11 is 0. The van der Waals surface area contributed by atoms with E-state index in [0.29, 0.717) is 31.1 Å². The third-order valence-corrected chi connectivity index (χ3v) is 4.16. The molecular formula is C18H16F4N2O. The number of carbonyl (C=O) groups is 1. The number of benzene rings is 2. The molecule has 1 aliphatic rings. The van der Waals surface area contributed by atoms with Gasteiger partial charge in [0.2, 0.25) is 0 Å². The normalized spacial score (nSPS) is 17.4. The van der Waals surface area contributed by atoms with Crippen molar-refractivity contribution in [3.8, 4) is 0 Å². The van der Waals surface area contributed by atoms with E-state index in [4.69, 9.17) is 0 Å². The van der Waals surface area contributed by atoms with E-state index in [1.807, 2.05) is 0 Å². The van der Waals surface area contributed by atoms with Crippen LogP contribution in [0.3, 0.4) is 0 Å². The largest absolute Gasteiger partial charge is 0.380 e. The standard InChI is InChI=1S/C18H16F4N2O/c19-11-3-1-4-12(9-11)23-13-5-2-8-24(10-13)18(25)16-14(20)6-7-15(21)17(16)22/h1,3-4,6-7,9,13,23H,2,5,8,10H2/t13-/m1/s1. The van der Waals surface area contributed by atoms with Crippen LogP contribution in [0, 0.1) is 23.3 Å². The summed E-state index contributed by atoms with van der Waals surface area (Å²) in [5.74, 6) is -5.12. The second-order valence-corrected chi connectivity index (χ2v) is 5.96. The van der Waals surface area contributed by atoms with Gasteiger partial charge in [0.1, 0.15) is 17.2 Å². The Morgan fingerprint density at radius 2 is 1.84 bits per heavy atom. The summed E-state index contributed by atoms with van der Waals surface area (Å²) < 4.78 is 54.2. The van der Waals surface area contributed by atoms with E-state index in [9.17, 15) is 22.4 Å². The molecule has 0 aliphatic carbocycles. The predicted octanol–water partition coefficient (Wildman–Crippen LogP) is 3.96. The summed E-state index contributed by atoms with van der Waals surface area (Å²) in [5.41, 5.74) is -0.325. The van der Waals surface area contributed by atoms with Gasteiger partial charge in [-0.15, -0.1) is 0 Å². The van der Waals surface area contributed by atoms with E-state index >= 15 is 0 Å². The Morgan fingerprint density at radius 1 is 1.08 bits per heavy atom. The minimum Gasteiger partial charge on any atom is -0.380 e. The third kappa shape index (κ3) is 3.75. The Morgan fingerprint density at radius 3 is 2.60 bits per heavy atom. The lowest BCUT2D eigenvalue weighted by Gasteiger charge is -2.34. The van der Waals surface area contributed by atoms with Gasteiger partial charge in [0.15, 0.2) is 11.6 Å². The third-order valence-electron chi connectivity index (χ3n) is 4.16. The second-order valence-electron chi connectivity index (χ2n) is 5.96. The molecule has 3 nitrogen and oxygen atoms in total. The van der Waals surface area contributed by atoms with Crippen molar-refractivity contribution in [1.29, 1.82) is 0 Å². The van der Waals surface area contributed by atoms with Gasteiger partial charge in [-0.3, -0.25) is 4.79 Å². The van der Waals surface area contributed by atoms with E-state index in [0.717, 1.165) is 6.07 Å². The number of hydrogen-bond donors (Lipinski definition) is 1. The summed E-state index contributed by atoms with van der Waals surface area (Å²) in [6.45, 7) is 0.500. The maximum atomic E-state index is 13.8. The minimum atomic E-state index is -1.48. The van der Waals surface area contributed by atoms with E-state index in [2.05, 4.69) is 5.32 Å². The van der Waals surface area contributed by atoms with Crippen molar-refractivity contribution in [3.63, 3.8) is 0 Å². The van der Waals surface area contributed by atoms with Gasteiger partial charge in [-0.1, -0.05) is 6.07 Å². The zero-order valence-electron chi connectivity index (χ0n) is 13.2. The highest BCUT2D eigenvalue weighted by Gasteiger charge is 2.29. The van der Waals surface area contributed by atoms with Gasteiger partial charge >= 0.3 is 0 Å². The molecule has 7 heteroatoms. The summed E-state index contributed by atoms with van der Waals surface area (Å²) in [7, 11) is 0. The van der Waals surface area contributed by atoms with E-state index in [1.54, 1.807) is 12.1 Å². The molecule has 0 saturated carbocycles. The molecule has 1 N–H and O–H groups in total. The van der Waals surface area contributed by atoms with Crippen LogP contribution in [0.4, 0.5) is 23.2 Å². The van der Waals surface area contributed by atoms with Crippen LogP contribution in [0.2, 0.25) is 0 Å². The fourth-order valence-electron chi connectivity index (χ4n) is 2.97. The van der Waals surface area contributed by atoms with Crippen LogP contribution < -0.4 is 5.32 Å². The molecule has 0 spiro atoms.